The number of carbonyl (C=O) groups is 1. The predicted octanol–water partition coefficient (Wildman–Crippen LogP) is 3.44. The van der Waals surface area contributed by atoms with Crippen molar-refractivity contribution < 1.29 is 17.9 Å². The summed E-state index contributed by atoms with van der Waals surface area (Å²) in [4.78, 5) is 12.4. The molecule has 27 heavy (non-hydrogen) atoms. The Bertz CT molecular complexity index is 877. The van der Waals surface area contributed by atoms with E-state index in [1.807, 2.05) is 32.9 Å². The first-order chi connectivity index (χ1) is 12.7. The van der Waals surface area contributed by atoms with E-state index in [0.717, 1.165) is 22.5 Å². The first kappa shape index (κ1) is 20.8. The van der Waals surface area contributed by atoms with Crippen molar-refractivity contribution in [3.63, 3.8) is 0 Å². The predicted molar refractivity (Wildman–Crippen MR) is 109 cm³/mol. The van der Waals surface area contributed by atoms with Crippen molar-refractivity contribution in [2.24, 2.45) is 0 Å². The lowest BCUT2D eigenvalue weighted by molar-refractivity contribution is -0.114. The molecule has 0 fully saturated rings. The van der Waals surface area contributed by atoms with Gasteiger partial charge in [-0.3, -0.25) is 9.10 Å². The molecule has 2 aromatic rings. The lowest BCUT2D eigenvalue weighted by Crippen LogP contribution is -2.37. The average Bonchev–Trinajstić information content (AvgIpc) is 2.58. The smallest absolute Gasteiger partial charge is 0.245 e. The number of aryl methyl sites for hydroxylation is 1. The van der Waals surface area contributed by atoms with Crippen molar-refractivity contribution in [1.29, 1.82) is 0 Å². The van der Waals surface area contributed by atoms with Crippen molar-refractivity contribution in [2.45, 2.75) is 33.3 Å². The molecule has 0 aliphatic carbocycles. The highest BCUT2D eigenvalue weighted by Crippen LogP contribution is 2.21. The van der Waals surface area contributed by atoms with Crippen molar-refractivity contribution in [2.75, 3.05) is 22.4 Å². The van der Waals surface area contributed by atoms with Crippen LogP contribution in [0.3, 0.4) is 0 Å². The van der Waals surface area contributed by atoms with Crippen LogP contribution < -0.4 is 14.4 Å². The van der Waals surface area contributed by atoms with Gasteiger partial charge in [-0.1, -0.05) is 25.1 Å². The fourth-order valence-corrected chi connectivity index (χ4v) is 3.40. The van der Waals surface area contributed by atoms with Crippen molar-refractivity contribution >= 4 is 27.3 Å². The van der Waals surface area contributed by atoms with Crippen LogP contribution in [-0.4, -0.2) is 33.2 Å². The van der Waals surface area contributed by atoms with Gasteiger partial charge >= 0.3 is 0 Å². The second kappa shape index (κ2) is 8.90. The number of ether oxygens (including phenoxy) is 1. The molecule has 0 saturated carbocycles. The summed E-state index contributed by atoms with van der Waals surface area (Å²) in [5, 5.41) is 2.73. The monoisotopic (exact) mass is 390 g/mol. The van der Waals surface area contributed by atoms with Crippen LogP contribution in [0.5, 0.6) is 5.75 Å². The minimum absolute atomic E-state index is 0.0165. The molecule has 1 amide bonds. The maximum atomic E-state index is 12.4. The lowest BCUT2D eigenvalue weighted by atomic mass is 10.1. The number of nitrogens with zero attached hydrogens (tertiary/aromatic N) is 1. The second-order valence-electron chi connectivity index (χ2n) is 6.53. The Hall–Kier alpha value is -2.54. The van der Waals surface area contributed by atoms with Gasteiger partial charge in [-0.15, -0.1) is 0 Å². The highest BCUT2D eigenvalue weighted by molar-refractivity contribution is 7.92. The highest BCUT2D eigenvalue weighted by atomic mass is 32.2. The second-order valence-corrected chi connectivity index (χ2v) is 8.44. The summed E-state index contributed by atoms with van der Waals surface area (Å²) in [6, 6.07) is 14.1. The van der Waals surface area contributed by atoms with Gasteiger partial charge in [0.25, 0.3) is 0 Å². The fourth-order valence-electron chi connectivity index (χ4n) is 2.55. The van der Waals surface area contributed by atoms with Crippen LogP contribution in [-0.2, 0) is 21.2 Å². The molecule has 2 rings (SSSR count). The molecule has 0 saturated heterocycles. The molecule has 1 N–H and O–H groups in total. The molecule has 7 heteroatoms. The fraction of sp³-hybridized carbons (Fsp3) is 0.350. The third-order valence-electron chi connectivity index (χ3n) is 3.81. The number of anilines is 2. The van der Waals surface area contributed by atoms with Crippen LogP contribution in [0.2, 0.25) is 0 Å². The molecular weight excluding hydrogens is 364 g/mol. The Balaban J connectivity index is 2.14. The van der Waals surface area contributed by atoms with Crippen molar-refractivity contribution in [3.8, 4) is 5.75 Å². The number of carbonyl (C=O) groups excluding carboxylic acids is 1. The van der Waals surface area contributed by atoms with Gasteiger partial charge in [0.1, 0.15) is 12.3 Å². The molecule has 0 unspecified atom stereocenters. The summed E-state index contributed by atoms with van der Waals surface area (Å²) in [6.45, 7) is 5.55. The van der Waals surface area contributed by atoms with E-state index in [9.17, 15) is 13.2 Å². The third kappa shape index (κ3) is 6.29. The zero-order valence-corrected chi connectivity index (χ0v) is 16.9. The Morgan fingerprint density at radius 3 is 2.37 bits per heavy atom. The molecule has 0 spiro atoms. The van der Waals surface area contributed by atoms with E-state index in [4.69, 9.17) is 4.74 Å². The number of rotatable bonds is 8. The normalized spacial score (nSPS) is 11.3. The zero-order valence-electron chi connectivity index (χ0n) is 16.1. The molecule has 146 valence electrons. The maximum absolute atomic E-state index is 12.4. The first-order valence-electron chi connectivity index (χ1n) is 8.82. The van der Waals surface area contributed by atoms with Crippen LogP contribution in [0, 0.1) is 0 Å². The third-order valence-corrected chi connectivity index (χ3v) is 4.95. The summed E-state index contributed by atoms with van der Waals surface area (Å²) < 4.78 is 31.0. The number of amides is 1. The summed E-state index contributed by atoms with van der Waals surface area (Å²) >= 11 is 0. The van der Waals surface area contributed by atoms with Gasteiger partial charge in [0.15, 0.2) is 0 Å². The molecule has 6 nitrogen and oxygen atoms in total. The van der Waals surface area contributed by atoms with Crippen LogP contribution in [0.4, 0.5) is 11.4 Å². The highest BCUT2D eigenvalue weighted by Gasteiger charge is 2.21. The van der Waals surface area contributed by atoms with Gasteiger partial charge in [-0.2, -0.15) is 0 Å². The van der Waals surface area contributed by atoms with Gasteiger partial charge in [-0.25, -0.2) is 8.42 Å². The minimum Gasteiger partial charge on any atom is -0.491 e. The van der Waals surface area contributed by atoms with E-state index in [1.54, 1.807) is 36.4 Å². The molecule has 0 bridgehead atoms. The quantitative estimate of drug-likeness (QED) is 0.749. The number of sulfonamides is 1. The van der Waals surface area contributed by atoms with Crippen LogP contribution >= 0.6 is 0 Å². The van der Waals surface area contributed by atoms with E-state index < -0.39 is 15.9 Å². The van der Waals surface area contributed by atoms with Gasteiger partial charge < -0.3 is 10.1 Å². The van der Waals surface area contributed by atoms with Gasteiger partial charge in [-0.05, 0) is 50.1 Å². The Labute approximate surface area is 161 Å². The maximum Gasteiger partial charge on any atom is 0.245 e. The first-order valence-corrected chi connectivity index (χ1v) is 10.7. The summed E-state index contributed by atoms with van der Waals surface area (Å²) in [6.07, 6.45) is 1.96. The van der Waals surface area contributed by atoms with Crippen LogP contribution in [0.1, 0.15) is 26.3 Å². The number of hydrogen-bond acceptors (Lipinski definition) is 4. The molecule has 0 aliphatic rings. The average molecular weight is 391 g/mol. The van der Waals surface area contributed by atoms with Gasteiger partial charge in [0.2, 0.25) is 15.9 Å². The Morgan fingerprint density at radius 1 is 1.15 bits per heavy atom. The molecule has 0 atom stereocenters. The van der Waals surface area contributed by atoms with E-state index in [-0.39, 0.29) is 12.6 Å². The molecule has 0 heterocycles. The van der Waals surface area contributed by atoms with E-state index >= 15 is 0 Å². The van der Waals surface area contributed by atoms with Gasteiger partial charge in [0, 0.05) is 11.8 Å². The number of hydrogen-bond donors (Lipinski definition) is 1. The largest absolute Gasteiger partial charge is 0.491 e. The summed E-state index contributed by atoms with van der Waals surface area (Å²) in [5.74, 6) is 0.208. The topological polar surface area (TPSA) is 75.7 Å². The molecule has 0 aliphatic heterocycles. The minimum atomic E-state index is -3.60. The molecular formula is C20H26N2O4S. The standard InChI is InChI=1S/C20H26N2O4S/c1-5-16-9-11-18(12-10-16)22(27(4,24)25)14-20(23)21-17-7-6-8-19(13-17)26-15(2)3/h6-13,15H,5,14H2,1-4H3,(H,21,23). The van der Waals surface area contributed by atoms with E-state index in [0.29, 0.717) is 17.1 Å². The number of nitrogens with one attached hydrogen (secondary N) is 1. The molecule has 0 aromatic heterocycles. The zero-order chi connectivity index (χ0) is 20.0. The van der Waals surface area contributed by atoms with E-state index in [1.165, 1.54) is 0 Å². The molecule has 0 radical (unpaired) electrons. The van der Waals surface area contributed by atoms with Crippen LogP contribution in [0.15, 0.2) is 48.5 Å². The van der Waals surface area contributed by atoms with E-state index in [2.05, 4.69) is 5.32 Å². The molecule has 2 aromatic carbocycles. The lowest BCUT2D eigenvalue weighted by Gasteiger charge is -2.22. The number of benzene rings is 2. The Kier molecular flexibility index (Phi) is 6.85. The van der Waals surface area contributed by atoms with Crippen molar-refractivity contribution in [1.82, 2.24) is 0 Å². The summed E-state index contributed by atoms with van der Waals surface area (Å²) in [7, 11) is -3.60. The Morgan fingerprint density at radius 2 is 1.81 bits per heavy atom. The summed E-state index contributed by atoms with van der Waals surface area (Å²) in [5.41, 5.74) is 2.10. The van der Waals surface area contributed by atoms with Gasteiger partial charge in [0.05, 0.1) is 18.0 Å². The van der Waals surface area contributed by atoms with Crippen LogP contribution in [0.25, 0.3) is 0 Å². The SMILES string of the molecule is CCc1ccc(N(CC(=O)Nc2cccc(OC(C)C)c2)S(C)(=O)=O)cc1. The van der Waals surface area contributed by atoms with Crippen molar-refractivity contribution in [3.05, 3.63) is 54.1 Å².